The highest BCUT2D eigenvalue weighted by Gasteiger charge is 2.65. The highest BCUT2D eigenvalue weighted by atomic mass is 35.5. The lowest BCUT2D eigenvalue weighted by Crippen LogP contribution is -2.49. The number of carbonyl (C=O) groups is 2. The predicted octanol–water partition coefficient (Wildman–Crippen LogP) is 7.76. The molecule has 1 aliphatic heterocycles. The van der Waals surface area contributed by atoms with Gasteiger partial charge in [0.2, 0.25) is 0 Å². The van der Waals surface area contributed by atoms with Gasteiger partial charge in [-0.05, 0) is 66.8 Å². The fourth-order valence-corrected chi connectivity index (χ4v) is 7.17. The summed E-state index contributed by atoms with van der Waals surface area (Å²) in [5.74, 6) is -2.90. The van der Waals surface area contributed by atoms with Crippen molar-refractivity contribution in [1.29, 1.82) is 5.41 Å². The second-order valence-electron chi connectivity index (χ2n) is 15.3. The molecular weight excluding hydrogens is 756 g/mol. The first kappa shape index (κ1) is 38.2. The van der Waals surface area contributed by atoms with Crippen LogP contribution in [-0.4, -0.2) is 65.7 Å². The maximum absolute atomic E-state index is 16.4. The number of benzene rings is 2. The van der Waals surface area contributed by atoms with Crippen LogP contribution >= 0.6 is 11.6 Å². The van der Waals surface area contributed by atoms with Crippen molar-refractivity contribution in [2.24, 2.45) is 5.41 Å². The van der Waals surface area contributed by atoms with E-state index < -0.39 is 71.3 Å². The second-order valence-corrected chi connectivity index (χ2v) is 15.7. The number of carbonyl (C=O) groups excluding carboxylic acids is 2. The van der Waals surface area contributed by atoms with E-state index in [1.807, 2.05) is 37.0 Å². The van der Waals surface area contributed by atoms with E-state index in [4.69, 9.17) is 21.7 Å². The molecule has 1 saturated heterocycles. The van der Waals surface area contributed by atoms with E-state index in [9.17, 15) is 31.5 Å². The molecule has 2 saturated carbocycles. The molecule has 0 radical (unpaired) electrons. The predicted molar refractivity (Wildman–Crippen MR) is 186 cm³/mol. The van der Waals surface area contributed by atoms with E-state index in [2.05, 4.69) is 20.5 Å². The molecule has 3 N–H and O–H groups in total. The van der Waals surface area contributed by atoms with Crippen LogP contribution in [0.4, 0.5) is 31.1 Å². The molecule has 19 heteroatoms. The Morgan fingerprint density at radius 3 is 2.45 bits per heavy atom. The summed E-state index contributed by atoms with van der Waals surface area (Å²) in [4.78, 5) is 32.3. The van der Waals surface area contributed by atoms with Crippen molar-refractivity contribution >= 4 is 29.6 Å². The zero-order chi connectivity index (χ0) is 39.7. The highest BCUT2D eigenvalue weighted by molar-refractivity contribution is 6.32. The van der Waals surface area contributed by atoms with Crippen molar-refractivity contribution in [2.75, 3.05) is 6.61 Å². The van der Waals surface area contributed by atoms with Crippen molar-refractivity contribution in [3.05, 3.63) is 82.9 Å². The van der Waals surface area contributed by atoms with Crippen molar-refractivity contribution < 1.29 is 40.7 Å². The van der Waals surface area contributed by atoms with Gasteiger partial charge in [-0.25, -0.2) is 27.6 Å². The summed E-state index contributed by atoms with van der Waals surface area (Å²) in [5, 5.41) is 22.0. The van der Waals surface area contributed by atoms with Gasteiger partial charge in [0.25, 0.3) is 12.3 Å². The topological polar surface area (TPSA) is 143 Å². The SMILES string of the molecule is CC(C)(C)C[C@]1(c2ccc(-c3cnn(C4CC4)c3)cc2F)NC(=N)N([C@H](COC(=O)NC2(C(F)(F)F)CC2)c2ccc(Cl)c(-n3ncnc3C(F)F)c2)C1=O. The number of amides is 2. The third kappa shape index (κ3) is 7.23. The van der Waals surface area contributed by atoms with E-state index in [-0.39, 0.29) is 41.1 Å². The van der Waals surface area contributed by atoms with E-state index in [0.29, 0.717) is 17.2 Å². The summed E-state index contributed by atoms with van der Waals surface area (Å²) in [7, 11) is 0. The smallest absolute Gasteiger partial charge is 0.411 e. The minimum Gasteiger partial charge on any atom is -0.447 e. The molecule has 0 bridgehead atoms. The average Bonchev–Trinajstić information content (AvgIpc) is 3.97. The van der Waals surface area contributed by atoms with Crippen LogP contribution in [-0.2, 0) is 15.1 Å². The van der Waals surface area contributed by atoms with Gasteiger partial charge in [0.05, 0.1) is 29.0 Å². The van der Waals surface area contributed by atoms with Crippen LogP contribution in [0, 0.1) is 16.6 Å². The molecule has 3 heterocycles. The largest absolute Gasteiger partial charge is 0.447 e. The number of aromatic nitrogens is 5. The van der Waals surface area contributed by atoms with Crippen LogP contribution in [0.2, 0.25) is 5.02 Å². The number of nitrogens with one attached hydrogen (secondary N) is 3. The molecule has 2 aliphatic carbocycles. The summed E-state index contributed by atoms with van der Waals surface area (Å²) in [6, 6.07) is 7.13. The number of nitrogens with zero attached hydrogens (tertiary/aromatic N) is 6. The number of rotatable bonds is 11. The molecule has 2 aromatic heterocycles. The Hall–Kier alpha value is -5.13. The monoisotopic (exact) mass is 791 g/mol. The lowest BCUT2D eigenvalue weighted by atomic mass is 9.75. The number of alkyl halides is 5. The normalized spacial score (nSPS) is 20.2. The second kappa shape index (κ2) is 13.6. The quantitative estimate of drug-likeness (QED) is 0.132. The number of ether oxygens (including phenoxy) is 1. The fourth-order valence-electron chi connectivity index (χ4n) is 6.97. The van der Waals surface area contributed by atoms with Crippen LogP contribution < -0.4 is 10.6 Å². The van der Waals surface area contributed by atoms with Crippen molar-refractivity contribution in [3.63, 3.8) is 0 Å². The minimum absolute atomic E-state index is 0.0433. The fraction of sp³-hybridized carbons (Fsp3) is 0.444. The lowest BCUT2D eigenvalue weighted by molar-refractivity contribution is -0.164. The molecule has 2 aromatic carbocycles. The molecule has 2 amide bonds. The van der Waals surface area contributed by atoms with Crippen molar-refractivity contribution in [3.8, 4) is 16.8 Å². The zero-order valence-electron chi connectivity index (χ0n) is 29.7. The average molecular weight is 792 g/mol. The Morgan fingerprint density at radius 1 is 1.11 bits per heavy atom. The molecular formula is C36H36ClF6N9O3. The molecule has 4 aromatic rings. The van der Waals surface area contributed by atoms with Crippen molar-refractivity contribution in [1.82, 2.24) is 40.1 Å². The van der Waals surface area contributed by atoms with Gasteiger partial charge in [-0.15, -0.1) is 0 Å². The summed E-state index contributed by atoms with van der Waals surface area (Å²) in [6.45, 7) is 4.64. The number of hydrogen-bond acceptors (Lipinski definition) is 7. The van der Waals surface area contributed by atoms with Crippen molar-refractivity contribution in [2.45, 2.75) is 88.6 Å². The van der Waals surface area contributed by atoms with Gasteiger partial charge in [0.15, 0.2) is 11.8 Å². The zero-order valence-corrected chi connectivity index (χ0v) is 30.5. The third-order valence-electron chi connectivity index (χ3n) is 9.91. The minimum atomic E-state index is -4.75. The van der Waals surface area contributed by atoms with Crippen LogP contribution in [0.3, 0.4) is 0 Å². The Kier molecular flexibility index (Phi) is 9.41. The molecule has 0 unspecified atom stereocenters. The highest BCUT2D eigenvalue weighted by Crippen LogP contribution is 2.49. The van der Waals surface area contributed by atoms with Gasteiger partial charge in [-0.1, -0.05) is 50.6 Å². The first-order valence-corrected chi connectivity index (χ1v) is 17.7. The summed E-state index contributed by atoms with van der Waals surface area (Å²) < 4.78 is 93.1. The van der Waals surface area contributed by atoms with Crippen LogP contribution in [0.1, 0.15) is 88.3 Å². The lowest BCUT2D eigenvalue weighted by Gasteiger charge is -2.35. The van der Waals surface area contributed by atoms with Crippen LogP contribution in [0.15, 0.2) is 55.1 Å². The van der Waals surface area contributed by atoms with E-state index in [1.165, 1.54) is 30.3 Å². The summed E-state index contributed by atoms with van der Waals surface area (Å²) in [6.07, 6.45) is -3.70. The van der Waals surface area contributed by atoms with E-state index in [1.54, 1.807) is 12.3 Å². The first-order valence-electron chi connectivity index (χ1n) is 17.4. The maximum atomic E-state index is 16.4. The molecule has 292 valence electrons. The van der Waals surface area contributed by atoms with Gasteiger partial charge in [-0.3, -0.25) is 19.8 Å². The van der Waals surface area contributed by atoms with Gasteiger partial charge >= 0.3 is 12.3 Å². The van der Waals surface area contributed by atoms with Gasteiger partial charge in [-0.2, -0.15) is 23.4 Å². The Bertz CT molecular complexity index is 2160. The number of hydrogen-bond donors (Lipinski definition) is 3. The summed E-state index contributed by atoms with van der Waals surface area (Å²) in [5.41, 5.74) is -3.99. The Labute approximate surface area is 315 Å². The maximum Gasteiger partial charge on any atom is 0.411 e. The van der Waals surface area contributed by atoms with Gasteiger partial charge in [0, 0.05) is 17.3 Å². The number of halogens is 7. The first-order chi connectivity index (χ1) is 25.8. The van der Waals surface area contributed by atoms with Gasteiger partial charge in [0.1, 0.15) is 29.8 Å². The summed E-state index contributed by atoms with van der Waals surface area (Å²) >= 11 is 6.41. The molecule has 55 heavy (non-hydrogen) atoms. The molecule has 12 nitrogen and oxygen atoms in total. The van der Waals surface area contributed by atoms with E-state index >= 15 is 4.39 Å². The number of alkyl carbamates (subject to hydrolysis) is 1. The molecule has 0 spiro atoms. The molecule has 3 aliphatic rings. The Balaban J connectivity index is 1.28. The molecule has 2 atom stereocenters. The third-order valence-corrected chi connectivity index (χ3v) is 10.2. The molecule has 3 fully saturated rings. The Morgan fingerprint density at radius 2 is 1.84 bits per heavy atom. The van der Waals surface area contributed by atoms with Crippen LogP contribution in [0.25, 0.3) is 16.8 Å². The standard InChI is InChI=1S/C36H36ClF6N9O3/c1-33(2,3)17-35(23-8-4-19(12-25(23)38)21-14-46-50(15-21)22-6-7-22)30(53)51(31(44)48-35)27(16-55-32(54)49-34(10-11-34)36(41,42)43)20-5-9-24(37)26(13-20)52-29(28(39)40)45-18-47-52/h4-5,8-9,12-15,18,22,27-28H,6-7,10-11,16-17H2,1-3H3,(H2,44,48)(H,49,54)/t27-,35-/m1/s1. The molecule has 7 rings (SSSR count). The van der Waals surface area contributed by atoms with E-state index in [0.717, 1.165) is 28.8 Å². The number of guanidine groups is 1. The van der Waals surface area contributed by atoms with Crippen LogP contribution in [0.5, 0.6) is 0 Å². The van der Waals surface area contributed by atoms with Gasteiger partial charge < -0.3 is 15.4 Å².